The Kier molecular flexibility index (Phi) is 5.25. The van der Waals surface area contributed by atoms with Gasteiger partial charge in [-0.2, -0.15) is 0 Å². The van der Waals surface area contributed by atoms with Crippen LogP contribution in [0.25, 0.3) is 0 Å². The summed E-state index contributed by atoms with van der Waals surface area (Å²) in [5.41, 5.74) is -0.115. The maximum Gasteiger partial charge on any atom is 0.282 e. The second-order valence-electron chi connectivity index (χ2n) is 7.41. The summed E-state index contributed by atoms with van der Waals surface area (Å²) in [5.74, 6) is 0.506. The Morgan fingerprint density at radius 2 is 2.08 bits per heavy atom. The number of fused-ring (bicyclic) bond motifs is 1. The Hall–Kier alpha value is -2.44. The molecule has 7 heteroatoms. The van der Waals surface area contributed by atoms with Crippen molar-refractivity contribution in [3.8, 4) is 0 Å². The lowest BCUT2D eigenvalue weighted by Gasteiger charge is -2.46. The van der Waals surface area contributed by atoms with Gasteiger partial charge >= 0.3 is 0 Å². The van der Waals surface area contributed by atoms with Crippen molar-refractivity contribution in [1.82, 2.24) is 10.6 Å². The van der Waals surface area contributed by atoms with E-state index in [1.807, 2.05) is 6.92 Å². The monoisotopic (exact) mass is 359 g/mol. The van der Waals surface area contributed by atoms with Gasteiger partial charge in [0.05, 0.1) is 4.92 Å². The maximum absolute atomic E-state index is 12.5. The van der Waals surface area contributed by atoms with Crippen molar-refractivity contribution < 1.29 is 14.5 Å². The number of nitrogens with one attached hydrogen (secondary N) is 2. The van der Waals surface area contributed by atoms with E-state index in [9.17, 15) is 19.7 Å². The van der Waals surface area contributed by atoms with E-state index in [4.69, 9.17) is 0 Å². The molecule has 1 aromatic rings. The van der Waals surface area contributed by atoms with Crippen LogP contribution in [0.5, 0.6) is 0 Å². The molecule has 0 aromatic heterocycles. The lowest BCUT2D eigenvalue weighted by atomic mass is 9.67. The first kappa shape index (κ1) is 18.4. The van der Waals surface area contributed by atoms with E-state index in [0.717, 1.165) is 19.3 Å². The van der Waals surface area contributed by atoms with Gasteiger partial charge in [0.25, 0.3) is 11.6 Å². The first-order valence-corrected chi connectivity index (χ1v) is 9.27. The van der Waals surface area contributed by atoms with Gasteiger partial charge in [0.15, 0.2) is 0 Å². The number of benzene rings is 1. The SMILES string of the molecule is CCC1C(=O)NC2CC(NC(=O)c3ccccc3[N+](=O)[O-])CCC2C1C. The minimum absolute atomic E-state index is 0.0603. The van der Waals surface area contributed by atoms with Crippen LogP contribution in [-0.4, -0.2) is 28.8 Å². The van der Waals surface area contributed by atoms with Crippen LogP contribution in [0.15, 0.2) is 24.3 Å². The Morgan fingerprint density at radius 1 is 1.35 bits per heavy atom. The van der Waals surface area contributed by atoms with Crippen LogP contribution in [0.3, 0.4) is 0 Å². The van der Waals surface area contributed by atoms with Crippen LogP contribution in [0.4, 0.5) is 5.69 Å². The molecule has 1 aliphatic carbocycles. The molecule has 140 valence electrons. The van der Waals surface area contributed by atoms with E-state index < -0.39 is 10.8 Å². The summed E-state index contributed by atoms with van der Waals surface area (Å²) < 4.78 is 0. The van der Waals surface area contributed by atoms with Gasteiger partial charge in [0.1, 0.15) is 5.56 Å². The number of amides is 2. The predicted octanol–water partition coefficient (Wildman–Crippen LogP) is 2.65. The van der Waals surface area contributed by atoms with E-state index in [0.29, 0.717) is 18.3 Å². The molecule has 2 aliphatic rings. The number of carbonyl (C=O) groups is 2. The van der Waals surface area contributed by atoms with E-state index in [1.165, 1.54) is 12.1 Å². The third kappa shape index (κ3) is 3.43. The highest BCUT2D eigenvalue weighted by molar-refractivity contribution is 5.98. The molecule has 1 heterocycles. The Morgan fingerprint density at radius 3 is 2.77 bits per heavy atom. The normalized spacial score (nSPS) is 30.8. The molecule has 0 bridgehead atoms. The molecule has 7 nitrogen and oxygen atoms in total. The quantitative estimate of drug-likeness (QED) is 0.637. The Balaban J connectivity index is 1.68. The van der Waals surface area contributed by atoms with Crippen molar-refractivity contribution >= 4 is 17.5 Å². The minimum atomic E-state index is -0.542. The summed E-state index contributed by atoms with van der Waals surface area (Å²) in [5, 5.41) is 17.2. The van der Waals surface area contributed by atoms with Gasteiger partial charge in [-0.05, 0) is 43.6 Å². The molecule has 2 amide bonds. The predicted molar refractivity (Wildman–Crippen MR) is 96.6 cm³/mol. The van der Waals surface area contributed by atoms with Crippen LogP contribution in [0.2, 0.25) is 0 Å². The third-order valence-corrected chi connectivity index (χ3v) is 6.00. The zero-order chi connectivity index (χ0) is 18.8. The molecule has 0 radical (unpaired) electrons. The van der Waals surface area contributed by atoms with E-state index in [-0.39, 0.29) is 35.2 Å². The summed E-state index contributed by atoms with van der Waals surface area (Å²) in [4.78, 5) is 35.4. The standard InChI is InChI=1S/C19H25N3O4/c1-3-13-11(2)14-9-8-12(10-16(14)21-18(13)23)20-19(24)15-6-4-5-7-17(15)22(25)26/h4-7,11-14,16H,3,8-10H2,1-2H3,(H,20,24)(H,21,23). The van der Waals surface area contributed by atoms with Gasteiger partial charge in [-0.25, -0.2) is 0 Å². The van der Waals surface area contributed by atoms with Crippen LogP contribution >= 0.6 is 0 Å². The molecule has 26 heavy (non-hydrogen) atoms. The number of hydrogen-bond acceptors (Lipinski definition) is 4. The summed E-state index contributed by atoms with van der Waals surface area (Å²) in [7, 11) is 0. The first-order chi connectivity index (χ1) is 12.4. The van der Waals surface area contributed by atoms with Gasteiger partial charge in [-0.3, -0.25) is 19.7 Å². The fourth-order valence-corrected chi connectivity index (χ4v) is 4.59. The van der Waals surface area contributed by atoms with Gasteiger partial charge in [-0.1, -0.05) is 26.0 Å². The molecule has 5 atom stereocenters. The largest absolute Gasteiger partial charge is 0.353 e. The summed E-state index contributed by atoms with van der Waals surface area (Å²) in [6.45, 7) is 4.19. The first-order valence-electron chi connectivity index (χ1n) is 9.27. The van der Waals surface area contributed by atoms with E-state index in [2.05, 4.69) is 17.6 Å². The molecule has 0 spiro atoms. The molecule has 1 aromatic carbocycles. The number of hydrogen-bond donors (Lipinski definition) is 2. The zero-order valence-electron chi connectivity index (χ0n) is 15.1. The number of nitro groups is 1. The molecule has 3 rings (SSSR count). The average Bonchev–Trinajstić information content (AvgIpc) is 2.61. The van der Waals surface area contributed by atoms with Crippen LogP contribution in [0.1, 0.15) is 49.9 Å². The zero-order valence-corrected chi connectivity index (χ0v) is 15.1. The van der Waals surface area contributed by atoms with Crippen molar-refractivity contribution in [2.75, 3.05) is 0 Å². The number of nitrogens with zero attached hydrogens (tertiary/aromatic N) is 1. The summed E-state index contributed by atoms with van der Waals surface area (Å²) >= 11 is 0. The fourth-order valence-electron chi connectivity index (χ4n) is 4.59. The van der Waals surface area contributed by atoms with Gasteiger partial charge in [0.2, 0.25) is 5.91 Å². The molecular weight excluding hydrogens is 334 g/mol. The van der Waals surface area contributed by atoms with Crippen molar-refractivity contribution in [3.63, 3.8) is 0 Å². The third-order valence-electron chi connectivity index (χ3n) is 6.00. The van der Waals surface area contributed by atoms with E-state index >= 15 is 0 Å². The lowest BCUT2D eigenvalue weighted by Crippen LogP contribution is -2.58. The molecular formula is C19H25N3O4. The molecule has 2 N–H and O–H groups in total. The number of rotatable bonds is 4. The number of para-hydroxylation sites is 1. The second-order valence-corrected chi connectivity index (χ2v) is 7.41. The average molecular weight is 359 g/mol. The van der Waals surface area contributed by atoms with Crippen molar-refractivity contribution in [2.24, 2.45) is 17.8 Å². The van der Waals surface area contributed by atoms with Crippen molar-refractivity contribution in [3.05, 3.63) is 39.9 Å². The fraction of sp³-hybridized carbons (Fsp3) is 0.579. The maximum atomic E-state index is 12.5. The van der Waals surface area contributed by atoms with Gasteiger partial charge in [0, 0.05) is 24.1 Å². The van der Waals surface area contributed by atoms with Crippen LogP contribution in [-0.2, 0) is 4.79 Å². The molecule has 1 aliphatic heterocycles. The number of piperidine rings is 1. The summed E-state index contributed by atoms with van der Waals surface area (Å²) in [6, 6.07) is 5.94. The van der Waals surface area contributed by atoms with Crippen molar-refractivity contribution in [2.45, 2.75) is 51.6 Å². The lowest BCUT2D eigenvalue weighted by molar-refractivity contribution is -0.385. The van der Waals surface area contributed by atoms with E-state index in [1.54, 1.807) is 12.1 Å². The molecule has 2 fully saturated rings. The Bertz CT molecular complexity index is 720. The van der Waals surface area contributed by atoms with Gasteiger partial charge in [-0.15, -0.1) is 0 Å². The second kappa shape index (κ2) is 7.43. The Labute approximate surface area is 152 Å². The minimum Gasteiger partial charge on any atom is -0.353 e. The van der Waals surface area contributed by atoms with Gasteiger partial charge < -0.3 is 10.6 Å². The highest BCUT2D eigenvalue weighted by atomic mass is 16.6. The van der Waals surface area contributed by atoms with Crippen LogP contribution in [0, 0.1) is 27.9 Å². The summed E-state index contributed by atoms with van der Waals surface area (Å²) in [6.07, 6.45) is 3.27. The number of nitro benzene ring substituents is 1. The molecule has 1 saturated carbocycles. The molecule has 1 saturated heterocycles. The topological polar surface area (TPSA) is 101 Å². The highest BCUT2D eigenvalue weighted by Gasteiger charge is 2.43. The molecule has 5 unspecified atom stereocenters. The van der Waals surface area contributed by atoms with Crippen molar-refractivity contribution in [1.29, 1.82) is 0 Å². The van der Waals surface area contributed by atoms with Crippen LogP contribution < -0.4 is 10.6 Å². The smallest absolute Gasteiger partial charge is 0.282 e. The number of carbonyl (C=O) groups excluding carboxylic acids is 2. The highest BCUT2D eigenvalue weighted by Crippen LogP contribution is 2.39.